The Bertz CT molecular complexity index is 678. The summed E-state index contributed by atoms with van der Waals surface area (Å²) in [6, 6.07) is 4.30. The summed E-state index contributed by atoms with van der Waals surface area (Å²) in [5.41, 5.74) is 6.11. The van der Waals surface area contributed by atoms with E-state index in [-0.39, 0.29) is 6.42 Å². The van der Waals surface area contributed by atoms with Gasteiger partial charge in [-0.25, -0.2) is 4.79 Å². The summed E-state index contributed by atoms with van der Waals surface area (Å²) in [6.45, 7) is 1.26. The van der Waals surface area contributed by atoms with Gasteiger partial charge in [-0.05, 0) is 12.5 Å². The Morgan fingerprint density at radius 3 is 2.04 bits per heavy atom. The average molecular weight is 381 g/mol. The third kappa shape index (κ3) is 7.42. The predicted octanol–water partition coefficient (Wildman–Crippen LogP) is -1.53. The van der Waals surface area contributed by atoms with E-state index in [4.69, 9.17) is 10.8 Å². The summed E-state index contributed by atoms with van der Waals surface area (Å²) in [6.07, 6.45) is -2.02. The number of amides is 2. The average Bonchev–Trinajstić information content (AvgIpc) is 2.59. The molecule has 0 saturated carbocycles. The summed E-state index contributed by atoms with van der Waals surface area (Å²) >= 11 is 0. The normalized spacial score (nSPS) is 15.1. The van der Waals surface area contributed by atoms with Crippen molar-refractivity contribution in [3.8, 4) is 0 Å². The van der Waals surface area contributed by atoms with Crippen LogP contribution < -0.4 is 16.4 Å². The largest absolute Gasteiger partial charge is 0.481 e. The lowest BCUT2D eigenvalue weighted by Crippen LogP contribution is -2.57. The van der Waals surface area contributed by atoms with Crippen molar-refractivity contribution < 1.29 is 34.5 Å². The quantitative estimate of drug-likeness (QED) is 0.282. The number of benzene rings is 1. The van der Waals surface area contributed by atoms with Crippen molar-refractivity contribution in [1.29, 1.82) is 0 Å². The highest BCUT2D eigenvalue weighted by Gasteiger charge is 2.30. The number of rotatable bonds is 10. The van der Waals surface area contributed by atoms with Gasteiger partial charge >= 0.3 is 11.9 Å². The molecule has 2 amide bonds. The maximum absolute atomic E-state index is 12.4. The molecule has 0 aliphatic rings. The maximum Gasteiger partial charge on any atom is 0.326 e. The van der Waals surface area contributed by atoms with Crippen molar-refractivity contribution in [1.82, 2.24) is 10.6 Å². The second-order valence-electron chi connectivity index (χ2n) is 6.01. The molecule has 1 aromatic rings. The second kappa shape index (κ2) is 10.2. The molecule has 4 atom stereocenters. The number of nitrogens with one attached hydrogen (secondary N) is 2. The van der Waals surface area contributed by atoms with E-state index in [2.05, 4.69) is 10.6 Å². The predicted molar refractivity (Wildman–Crippen MR) is 93.6 cm³/mol. The van der Waals surface area contributed by atoms with Gasteiger partial charge in [0.1, 0.15) is 18.1 Å². The Balaban J connectivity index is 2.87. The van der Waals surface area contributed by atoms with Gasteiger partial charge in [0.05, 0.1) is 12.5 Å². The molecule has 0 spiro atoms. The van der Waals surface area contributed by atoms with Crippen molar-refractivity contribution in [2.75, 3.05) is 0 Å². The number of hydrogen-bond donors (Lipinski definition) is 6. The van der Waals surface area contributed by atoms with E-state index in [0.29, 0.717) is 5.56 Å². The molecule has 148 valence electrons. The summed E-state index contributed by atoms with van der Waals surface area (Å²) in [5.74, 6) is -4.60. The second-order valence-corrected chi connectivity index (χ2v) is 6.01. The first-order chi connectivity index (χ1) is 12.6. The number of carboxylic acids is 2. The van der Waals surface area contributed by atoms with Gasteiger partial charge in [0.2, 0.25) is 11.8 Å². The van der Waals surface area contributed by atoms with Crippen LogP contribution in [0.15, 0.2) is 30.3 Å². The van der Waals surface area contributed by atoms with Gasteiger partial charge in [0.15, 0.2) is 0 Å². The molecule has 0 heterocycles. The van der Waals surface area contributed by atoms with Crippen molar-refractivity contribution in [3.05, 3.63) is 35.9 Å². The van der Waals surface area contributed by atoms with Crippen LogP contribution in [0.4, 0.5) is 0 Å². The highest BCUT2D eigenvalue weighted by molar-refractivity contribution is 5.94. The van der Waals surface area contributed by atoms with Crippen LogP contribution in [0.2, 0.25) is 0 Å². The van der Waals surface area contributed by atoms with E-state index in [1.165, 1.54) is 6.92 Å². The molecule has 0 saturated heterocycles. The summed E-state index contributed by atoms with van der Waals surface area (Å²) in [5, 5.41) is 31.9. The van der Waals surface area contributed by atoms with Crippen LogP contribution >= 0.6 is 0 Å². The van der Waals surface area contributed by atoms with Crippen molar-refractivity contribution in [2.45, 2.75) is 44.0 Å². The standard InChI is InChI=1S/C17H23N3O7/c1-9(21)14(18)16(25)19-11(8-13(22)23)15(24)20-12(17(26)27)7-10-5-3-2-4-6-10/h2-6,9,11-12,14,21H,7-8,18H2,1H3,(H,19,25)(H,20,24)(H,22,23)(H,26,27)/t9-,11+,12+,14+/m1/s1. The molecule has 0 radical (unpaired) electrons. The zero-order chi connectivity index (χ0) is 20.6. The third-order valence-corrected chi connectivity index (χ3v) is 3.73. The zero-order valence-corrected chi connectivity index (χ0v) is 14.7. The molecule has 1 aromatic carbocycles. The van der Waals surface area contributed by atoms with Crippen LogP contribution in [0.5, 0.6) is 0 Å². The first-order valence-corrected chi connectivity index (χ1v) is 8.14. The van der Waals surface area contributed by atoms with Gasteiger partial charge in [-0.3, -0.25) is 14.4 Å². The lowest BCUT2D eigenvalue weighted by Gasteiger charge is -2.22. The number of carbonyl (C=O) groups is 4. The van der Waals surface area contributed by atoms with Crippen LogP contribution in [0, 0.1) is 0 Å². The molecular weight excluding hydrogens is 358 g/mol. The fourth-order valence-electron chi connectivity index (χ4n) is 2.19. The molecule has 7 N–H and O–H groups in total. The van der Waals surface area contributed by atoms with Gasteiger partial charge in [-0.2, -0.15) is 0 Å². The maximum atomic E-state index is 12.4. The molecule has 0 aromatic heterocycles. The first kappa shape index (κ1) is 22.1. The van der Waals surface area contributed by atoms with E-state index < -0.39 is 54.4 Å². The van der Waals surface area contributed by atoms with Crippen molar-refractivity contribution >= 4 is 23.8 Å². The number of hydrogen-bond acceptors (Lipinski definition) is 6. The fraction of sp³-hybridized carbons (Fsp3) is 0.412. The highest BCUT2D eigenvalue weighted by atomic mass is 16.4. The van der Waals surface area contributed by atoms with Crippen LogP contribution in [-0.4, -0.2) is 63.3 Å². The smallest absolute Gasteiger partial charge is 0.326 e. The van der Waals surface area contributed by atoms with Crippen LogP contribution in [0.3, 0.4) is 0 Å². The zero-order valence-electron chi connectivity index (χ0n) is 14.7. The number of aliphatic carboxylic acids is 2. The van der Waals surface area contributed by atoms with Crippen LogP contribution in [0.1, 0.15) is 18.9 Å². The molecular formula is C17H23N3O7. The van der Waals surface area contributed by atoms with Gasteiger partial charge < -0.3 is 31.7 Å². The number of aliphatic hydroxyl groups is 1. The minimum absolute atomic E-state index is 0.0250. The minimum Gasteiger partial charge on any atom is -0.481 e. The molecule has 27 heavy (non-hydrogen) atoms. The Kier molecular flexibility index (Phi) is 8.36. The minimum atomic E-state index is -1.54. The number of carboxylic acid groups (broad SMARTS) is 2. The molecule has 10 heteroatoms. The number of nitrogens with two attached hydrogens (primary N) is 1. The van der Waals surface area contributed by atoms with E-state index in [1.54, 1.807) is 30.3 Å². The monoisotopic (exact) mass is 381 g/mol. The molecule has 0 aliphatic carbocycles. The summed E-state index contributed by atoms with van der Waals surface area (Å²) in [4.78, 5) is 46.7. The van der Waals surface area contributed by atoms with E-state index in [9.17, 15) is 29.4 Å². The summed E-state index contributed by atoms with van der Waals surface area (Å²) in [7, 11) is 0. The lowest BCUT2D eigenvalue weighted by molar-refractivity contribution is -0.143. The van der Waals surface area contributed by atoms with E-state index in [0.717, 1.165) is 0 Å². The highest BCUT2D eigenvalue weighted by Crippen LogP contribution is 2.05. The molecule has 0 aliphatic heterocycles. The molecule has 0 unspecified atom stereocenters. The van der Waals surface area contributed by atoms with Gasteiger partial charge in [0.25, 0.3) is 0 Å². The van der Waals surface area contributed by atoms with E-state index >= 15 is 0 Å². The molecule has 10 nitrogen and oxygen atoms in total. The third-order valence-electron chi connectivity index (χ3n) is 3.73. The van der Waals surface area contributed by atoms with Crippen LogP contribution in [-0.2, 0) is 25.6 Å². The topological polar surface area (TPSA) is 179 Å². The lowest BCUT2D eigenvalue weighted by atomic mass is 10.0. The first-order valence-electron chi connectivity index (χ1n) is 8.14. The number of carbonyl (C=O) groups excluding carboxylic acids is 2. The van der Waals surface area contributed by atoms with Crippen molar-refractivity contribution in [3.63, 3.8) is 0 Å². The van der Waals surface area contributed by atoms with E-state index in [1.807, 2.05) is 0 Å². The van der Waals surface area contributed by atoms with Gasteiger partial charge in [-0.15, -0.1) is 0 Å². The summed E-state index contributed by atoms with van der Waals surface area (Å²) < 4.78 is 0. The van der Waals surface area contributed by atoms with Gasteiger partial charge in [0, 0.05) is 6.42 Å². The molecule has 0 fully saturated rings. The number of aliphatic hydroxyl groups excluding tert-OH is 1. The Morgan fingerprint density at radius 1 is 1.00 bits per heavy atom. The van der Waals surface area contributed by atoms with Crippen molar-refractivity contribution in [2.24, 2.45) is 5.73 Å². The Morgan fingerprint density at radius 2 is 1.56 bits per heavy atom. The SMILES string of the molecule is C[C@@H](O)[C@H](N)C(=O)N[C@@H](CC(=O)O)C(=O)N[C@@H](Cc1ccccc1)C(=O)O. The molecule has 0 bridgehead atoms. The van der Waals surface area contributed by atoms with Gasteiger partial charge in [-0.1, -0.05) is 30.3 Å². The van der Waals surface area contributed by atoms with Crippen LogP contribution in [0.25, 0.3) is 0 Å². The Labute approximate surface area is 155 Å². The Hall–Kier alpha value is -2.98. The molecule has 1 rings (SSSR count). The fourth-order valence-corrected chi connectivity index (χ4v) is 2.19.